The number of rotatable bonds is 2. The lowest BCUT2D eigenvalue weighted by Gasteiger charge is -2.05. The number of amides is 1. The molecule has 3 N–H and O–H groups in total. The molecule has 0 spiro atoms. The topological polar surface area (TPSA) is 95.1 Å². The minimum atomic E-state index is -5.07. The predicted molar refractivity (Wildman–Crippen MR) is 47.9 cm³/mol. The Morgan fingerprint density at radius 1 is 1.44 bits per heavy atom. The number of H-pyrrole nitrogens is 1. The third-order valence-corrected chi connectivity index (χ3v) is 2.18. The van der Waals surface area contributed by atoms with Crippen LogP contribution in [-0.2, 0) is 4.79 Å². The lowest BCUT2D eigenvalue weighted by molar-refractivity contribution is -0.167. The Kier molecular flexibility index (Phi) is 3.21. The fourth-order valence-corrected chi connectivity index (χ4v) is 1.18. The summed E-state index contributed by atoms with van der Waals surface area (Å²) in [6.07, 6.45) is -5.07. The maximum Gasteiger partial charge on any atom is 0.471 e. The summed E-state index contributed by atoms with van der Waals surface area (Å²) in [4.78, 5) is 21.0. The van der Waals surface area contributed by atoms with Gasteiger partial charge in [0.1, 0.15) is 0 Å². The van der Waals surface area contributed by atoms with Gasteiger partial charge in [0.25, 0.3) is 0 Å². The standard InChI is InChI=1S/C6H3BrF3N3O3/c7-1-2(4(14)15)12-13-3(1)11-5(16)6(8,9)10/h(H,14,15)(H2,11,12,13,16). The summed E-state index contributed by atoms with van der Waals surface area (Å²) >= 11 is 2.69. The van der Waals surface area contributed by atoms with E-state index >= 15 is 0 Å². The van der Waals surface area contributed by atoms with Crippen LogP contribution >= 0.6 is 15.9 Å². The normalized spacial score (nSPS) is 11.2. The van der Waals surface area contributed by atoms with Gasteiger partial charge in [-0.3, -0.25) is 9.89 Å². The van der Waals surface area contributed by atoms with E-state index in [0.29, 0.717) is 0 Å². The number of alkyl halides is 3. The second-order valence-electron chi connectivity index (χ2n) is 2.52. The first-order valence-electron chi connectivity index (χ1n) is 3.58. The number of hydrogen-bond acceptors (Lipinski definition) is 3. The van der Waals surface area contributed by atoms with Crippen molar-refractivity contribution < 1.29 is 27.9 Å². The predicted octanol–water partition coefficient (Wildman–Crippen LogP) is 1.37. The summed E-state index contributed by atoms with van der Waals surface area (Å²) in [6, 6.07) is 0. The number of nitrogens with zero attached hydrogens (tertiary/aromatic N) is 1. The number of hydrogen-bond donors (Lipinski definition) is 3. The molecule has 1 aromatic rings. The molecule has 1 heterocycles. The minimum Gasteiger partial charge on any atom is -0.476 e. The molecule has 0 atom stereocenters. The van der Waals surface area contributed by atoms with Gasteiger partial charge in [-0.15, -0.1) is 0 Å². The van der Waals surface area contributed by atoms with Gasteiger partial charge >= 0.3 is 18.1 Å². The number of carboxylic acid groups (broad SMARTS) is 1. The highest BCUT2D eigenvalue weighted by Gasteiger charge is 2.39. The highest BCUT2D eigenvalue weighted by molar-refractivity contribution is 9.10. The van der Waals surface area contributed by atoms with Gasteiger partial charge in [-0.05, 0) is 15.9 Å². The summed E-state index contributed by atoms with van der Waals surface area (Å²) in [5.41, 5.74) is -0.461. The quantitative estimate of drug-likeness (QED) is 0.769. The molecular formula is C6H3BrF3N3O3. The van der Waals surface area contributed by atoms with Gasteiger partial charge in [-0.1, -0.05) is 0 Å². The average molecular weight is 302 g/mol. The zero-order chi connectivity index (χ0) is 12.5. The number of aromatic carboxylic acids is 1. The van der Waals surface area contributed by atoms with E-state index in [4.69, 9.17) is 5.11 Å². The molecule has 0 bridgehead atoms. The minimum absolute atomic E-state index is 0.266. The lowest BCUT2D eigenvalue weighted by atomic mass is 10.4. The SMILES string of the molecule is O=C(O)c1[nH]nc(NC(=O)C(F)(F)F)c1Br. The lowest BCUT2D eigenvalue weighted by Crippen LogP contribution is -2.30. The molecule has 0 aliphatic rings. The molecule has 0 saturated heterocycles. The Morgan fingerprint density at radius 2 is 2.00 bits per heavy atom. The first-order chi connectivity index (χ1) is 7.23. The zero-order valence-corrected chi connectivity index (χ0v) is 8.81. The maximum absolute atomic E-state index is 11.9. The van der Waals surface area contributed by atoms with Crippen molar-refractivity contribution in [2.45, 2.75) is 6.18 Å². The molecule has 1 aromatic heterocycles. The van der Waals surface area contributed by atoms with Crippen LogP contribution in [-0.4, -0.2) is 33.4 Å². The van der Waals surface area contributed by atoms with Crippen molar-refractivity contribution in [3.63, 3.8) is 0 Å². The van der Waals surface area contributed by atoms with Gasteiger partial charge < -0.3 is 10.4 Å². The van der Waals surface area contributed by atoms with E-state index in [9.17, 15) is 22.8 Å². The van der Waals surface area contributed by atoms with Gasteiger partial charge in [0.2, 0.25) is 0 Å². The summed E-state index contributed by atoms with van der Waals surface area (Å²) in [5.74, 6) is -4.21. The Hall–Kier alpha value is -1.58. The number of aromatic amines is 1. The van der Waals surface area contributed by atoms with Crippen molar-refractivity contribution in [1.29, 1.82) is 0 Å². The summed E-state index contributed by atoms with van der Waals surface area (Å²) in [6.45, 7) is 0. The van der Waals surface area contributed by atoms with E-state index in [-0.39, 0.29) is 4.47 Å². The van der Waals surface area contributed by atoms with E-state index in [1.165, 1.54) is 5.32 Å². The Bertz CT molecular complexity index is 442. The molecule has 88 valence electrons. The Morgan fingerprint density at radius 3 is 2.38 bits per heavy atom. The van der Waals surface area contributed by atoms with Crippen LogP contribution in [0.1, 0.15) is 10.5 Å². The van der Waals surface area contributed by atoms with Crippen molar-refractivity contribution >= 4 is 33.6 Å². The second kappa shape index (κ2) is 4.12. The molecule has 10 heteroatoms. The molecule has 0 unspecified atom stereocenters. The fourth-order valence-electron chi connectivity index (χ4n) is 0.731. The van der Waals surface area contributed by atoms with E-state index in [1.807, 2.05) is 5.10 Å². The highest BCUT2D eigenvalue weighted by Crippen LogP contribution is 2.25. The third-order valence-electron chi connectivity index (χ3n) is 1.41. The van der Waals surface area contributed by atoms with Gasteiger partial charge in [-0.2, -0.15) is 18.3 Å². The molecule has 1 rings (SSSR count). The Balaban J connectivity index is 2.92. The molecule has 0 saturated carbocycles. The number of carboxylic acids is 1. The highest BCUT2D eigenvalue weighted by atomic mass is 79.9. The molecule has 0 aliphatic carbocycles. The van der Waals surface area contributed by atoms with Gasteiger partial charge in [-0.25, -0.2) is 4.79 Å². The monoisotopic (exact) mass is 301 g/mol. The molecular weight excluding hydrogens is 299 g/mol. The van der Waals surface area contributed by atoms with Gasteiger partial charge in [0, 0.05) is 0 Å². The van der Waals surface area contributed by atoms with Crippen molar-refractivity contribution in [2.75, 3.05) is 5.32 Å². The maximum atomic E-state index is 11.9. The first-order valence-corrected chi connectivity index (χ1v) is 4.38. The number of nitrogens with one attached hydrogen (secondary N) is 2. The zero-order valence-electron chi connectivity index (χ0n) is 7.22. The number of aromatic nitrogens is 2. The molecule has 0 radical (unpaired) electrons. The van der Waals surface area contributed by atoms with E-state index in [2.05, 4.69) is 21.0 Å². The van der Waals surface area contributed by atoms with Crippen LogP contribution in [0.2, 0.25) is 0 Å². The molecule has 0 aromatic carbocycles. The molecule has 6 nitrogen and oxygen atoms in total. The second-order valence-corrected chi connectivity index (χ2v) is 3.31. The van der Waals surface area contributed by atoms with Crippen molar-refractivity contribution in [3.8, 4) is 0 Å². The number of halogens is 4. The van der Waals surface area contributed by atoms with Crippen LogP contribution < -0.4 is 5.32 Å². The third kappa shape index (κ3) is 2.51. The van der Waals surface area contributed by atoms with E-state index in [0.717, 1.165) is 0 Å². The van der Waals surface area contributed by atoms with Gasteiger partial charge in [0.05, 0.1) is 4.47 Å². The smallest absolute Gasteiger partial charge is 0.471 e. The molecule has 0 fully saturated rings. The molecule has 0 aliphatic heterocycles. The first kappa shape index (κ1) is 12.5. The fraction of sp³-hybridized carbons (Fsp3) is 0.167. The van der Waals surface area contributed by atoms with Crippen molar-refractivity contribution in [2.24, 2.45) is 0 Å². The van der Waals surface area contributed by atoms with Crippen molar-refractivity contribution in [1.82, 2.24) is 10.2 Å². The average Bonchev–Trinajstić information content (AvgIpc) is 2.46. The van der Waals surface area contributed by atoms with Crippen LogP contribution in [0.15, 0.2) is 4.47 Å². The van der Waals surface area contributed by atoms with E-state index in [1.54, 1.807) is 0 Å². The molecule has 16 heavy (non-hydrogen) atoms. The Labute approximate surface area is 94.0 Å². The summed E-state index contributed by atoms with van der Waals surface area (Å²) in [7, 11) is 0. The van der Waals surface area contributed by atoms with E-state index < -0.39 is 29.6 Å². The number of carbonyl (C=O) groups excluding carboxylic acids is 1. The summed E-state index contributed by atoms with van der Waals surface area (Å²) < 4.78 is 35.3. The van der Waals surface area contributed by atoms with Crippen molar-refractivity contribution in [3.05, 3.63) is 10.2 Å². The van der Waals surface area contributed by atoms with Crippen LogP contribution in [0.3, 0.4) is 0 Å². The van der Waals surface area contributed by atoms with Crippen LogP contribution in [0, 0.1) is 0 Å². The van der Waals surface area contributed by atoms with Gasteiger partial charge in [0.15, 0.2) is 11.5 Å². The number of carbonyl (C=O) groups is 2. The number of anilines is 1. The molecule has 1 amide bonds. The van der Waals surface area contributed by atoms with Crippen LogP contribution in [0.5, 0.6) is 0 Å². The summed E-state index contributed by atoms with van der Waals surface area (Å²) in [5, 5.41) is 15.1. The van der Waals surface area contributed by atoms with Crippen LogP contribution in [0.25, 0.3) is 0 Å². The van der Waals surface area contributed by atoms with Crippen LogP contribution in [0.4, 0.5) is 19.0 Å². The largest absolute Gasteiger partial charge is 0.476 e.